The average Bonchev–Trinajstić information content (AvgIpc) is 2.61. The van der Waals surface area contributed by atoms with Crippen LogP contribution in [-0.2, 0) is 0 Å². The molecule has 25 heavy (non-hydrogen) atoms. The molecule has 134 valence electrons. The molecule has 1 aromatic carbocycles. The number of carbonyl (C=O) groups excluding carboxylic acids is 1. The molecular weight excluding hydrogens is 342 g/mol. The Balaban J connectivity index is 2.14. The molecule has 0 aliphatic rings. The van der Waals surface area contributed by atoms with Gasteiger partial charge in [-0.2, -0.15) is 0 Å². The summed E-state index contributed by atoms with van der Waals surface area (Å²) in [7, 11) is 3.01. The van der Waals surface area contributed by atoms with Crippen LogP contribution in [0.1, 0.15) is 24.2 Å². The number of carbonyl (C=O) groups is 1. The maximum absolute atomic E-state index is 12.4. The van der Waals surface area contributed by atoms with E-state index in [4.69, 9.17) is 21.1 Å². The molecule has 0 fully saturated rings. The number of aromatic nitrogens is 1. The molecular formula is C18H22ClN3O3. The van der Waals surface area contributed by atoms with Gasteiger partial charge in [-0.15, -0.1) is 0 Å². The van der Waals surface area contributed by atoms with Gasteiger partial charge in [0.25, 0.3) is 5.91 Å². The minimum atomic E-state index is -0.300. The van der Waals surface area contributed by atoms with Crippen LogP contribution in [0.5, 0.6) is 11.5 Å². The van der Waals surface area contributed by atoms with Crippen LogP contribution < -0.4 is 20.1 Å². The molecule has 1 amide bonds. The topological polar surface area (TPSA) is 72.5 Å². The van der Waals surface area contributed by atoms with E-state index in [-0.39, 0.29) is 5.91 Å². The first-order valence-corrected chi connectivity index (χ1v) is 8.25. The van der Waals surface area contributed by atoms with Crippen molar-refractivity contribution in [3.63, 3.8) is 0 Å². The van der Waals surface area contributed by atoms with Crippen molar-refractivity contribution in [2.24, 2.45) is 5.92 Å². The van der Waals surface area contributed by atoms with Crippen LogP contribution in [0.4, 0.5) is 11.5 Å². The van der Waals surface area contributed by atoms with E-state index in [1.807, 2.05) is 0 Å². The quantitative estimate of drug-likeness (QED) is 0.775. The number of hydrogen-bond acceptors (Lipinski definition) is 5. The van der Waals surface area contributed by atoms with Crippen molar-refractivity contribution in [3.05, 3.63) is 41.0 Å². The van der Waals surface area contributed by atoms with E-state index in [9.17, 15) is 4.79 Å². The Morgan fingerprint density at radius 2 is 1.92 bits per heavy atom. The number of halogens is 1. The minimum Gasteiger partial charge on any atom is -0.495 e. The Kier molecular flexibility index (Phi) is 6.47. The third-order valence-electron chi connectivity index (χ3n) is 3.44. The fourth-order valence-corrected chi connectivity index (χ4v) is 2.32. The molecule has 0 atom stereocenters. The number of pyridine rings is 1. The van der Waals surface area contributed by atoms with Crippen LogP contribution in [-0.4, -0.2) is 31.7 Å². The molecule has 7 heteroatoms. The monoisotopic (exact) mass is 363 g/mol. The maximum Gasteiger partial charge on any atom is 0.257 e. The number of nitrogens with zero attached hydrogens (tertiary/aromatic N) is 1. The lowest BCUT2D eigenvalue weighted by molar-refractivity contribution is 0.102. The van der Waals surface area contributed by atoms with Crippen LogP contribution >= 0.6 is 11.6 Å². The van der Waals surface area contributed by atoms with E-state index in [2.05, 4.69) is 29.5 Å². The van der Waals surface area contributed by atoms with Crippen molar-refractivity contribution in [1.82, 2.24) is 4.98 Å². The summed E-state index contributed by atoms with van der Waals surface area (Å²) in [6, 6.07) is 6.69. The lowest BCUT2D eigenvalue weighted by Gasteiger charge is -2.13. The number of ether oxygens (including phenoxy) is 2. The van der Waals surface area contributed by atoms with Gasteiger partial charge in [0, 0.05) is 24.9 Å². The second kappa shape index (κ2) is 8.58. The van der Waals surface area contributed by atoms with Gasteiger partial charge in [-0.3, -0.25) is 4.79 Å². The molecule has 0 bridgehead atoms. The Bertz CT molecular complexity index is 733. The van der Waals surface area contributed by atoms with Crippen molar-refractivity contribution in [1.29, 1.82) is 0 Å². The van der Waals surface area contributed by atoms with Crippen molar-refractivity contribution in [2.45, 2.75) is 13.8 Å². The summed E-state index contributed by atoms with van der Waals surface area (Å²) < 4.78 is 10.4. The molecule has 0 radical (unpaired) electrons. The smallest absolute Gasteiger partial charge is 0.257 e. The molecule has 2 N–H and O–H groups in total. The van der Waals surface area contributed by atoms with Gasteiger partial charge in [0.1, 0.15) is 17.3 Å². The minimum absolute atomic E-state index is 0.300. The largest absolute Gasteiger partial charge is 0.495 e. The molecule has 1 heterocycles. The van der Waals surface area contributed by atoms with E-state index in [1.165, 1.54) is 20.4 Å². The summed E-state index contributed by atoms with van der Waals surface area (Å²) >= 11 is 6.07. The maximum atomic E-state index is 12.4. The molecule has 1 aromatic heterocycles. The highest BCUT2D eigenvalue weighted by atomic mass is 35.5. The van der Waals surface area contributed by atoms with Gasteiger partial charge in [0.2, 0.25) is 0 Å². The van der Waals surface area contributed by atoms with Crippen molar-refractivity contribution in [3.8, 4) is 11.5 Å². The van der Waals surface area contributed by atoms with Crippen molar-refractivity contribution >= 4 is 29.0 Å². The molecule has 2 aromatic rings. The first-order valence-electron chi connectivity index (χ1n) is 7.87. The van der Waals surface area contributed by atoms with Gasteiger partial charge in [0.05, 0.1) is 30.5 Å². The molecule has 0 saturated heterocycles. The summed E-state index contributed by atoms with van der Waals surface area (Å²) in [4.78, 5) is 16.7. The number of anilines is 2. The van der Waals surface area contributed by atoms with Crippen LogP contribution in [0.3, 0.4) is 0 Å². The van der Waals surface area contributed by atoms with Crippen molar-refractivity contribution in [2.75, 3.05) is 31.4 Å². The summed E-state index contributed by atoms with van der Waals surface area (Å²) in [5.41, 5.74) is 0.904. The second-order valence-corrected chi connectivity index (χ2v) is 6.26. The highest BCUT2D eigenvalue weighted by Crippen LogP contribution is 2.36. The third-order valence-corrected chi connectivity index (χ3v) is 3.73. The van der Waals surface area contributed by atoms with E-state index in [0.717, 1.165) is 12.4 Å². The lowest BCUT2D eigenvalue weighted by Crippen LogP contribution is -2.14. The fraction of sp³-hybridized carbons (Fsp3) is 0.333. The van der Waals surface area contributed by atoms with Crippen LogP contribution in [0.2, 0.25) is 5.02 Å². The molecule has 0 spiro atoms. The van der Waals surface area contributed by atoms with Gasteiger partial charge in [0.15, 0.2) is 0 Å². The van der Waals surface area contributed by atoms with Gasteiger partial charge >= 0.3 is 0 Å². The normalized spacial score (nSPS) is 10.5. The Morgan fingerprint density at radius 3 is 2.48 bits per heavy atom. The standard InChI is InChI=1S/C18H22ClN3O3/c1-11(2)9-20-17-6-5-12(10-21-17)18(23)22-14-8-15(24-3)13(19)7-16(14)25-4/h5-8,10-11H,9H2,1-4H3,(H,20,21)(H,22,23). The Labute approximate surface area is 152 Å². The highest BCUT2D eigenvalue weighted by molar-refractivity contribution is 6.32. The Morgan fingerprint density at radius 1 is 1.20 bits per heavy atom. The summed E-state index contributed by atoms with van der Waals surface area (Å²) in [6.45, 7) is 5.05. The zero-order chi connectivity index (χ0) is 18.4. The number of hydrogen-bond donors (Lipinski definition) is 2. The predicted octanol–water partition coefficient (Wildman–Crippen LogP) is 4.07. The zero-order valence-corrected chi connectivity index (χ0v) is 15.5. The number of methoxy groups -OCH3 is 2. The number of benzene rings is 1. The van der Waals surface area contributed by atoms with E-state index in [1.54, 1.807) is 24.3 Å². The van der Waals surface area contributed by atoms with E-state index >= 15 is 0 Å². The third kappa shape index (κ3) is 5.00. The predicted molar refractivity (Wildman–Crippen MR) is 100 cm³/mol. The van der Waals surface area contributed by atoms with Crippen LogP contribution in [0.15, 0.2) is 30.5 Å². The average molecular weight is 364 g/mol. The van der Waals surface area contributed by atoms with Crippen LogP contribution in [0, 0.1) is 5.92 Å². The molecule has 0 saturated carbocycles. The number of nitrogens with one attached hydrogen (secondary N) is 2. The van der Waals surface area contributed by atoms with E-state index in [0.29, 0.717) is 33.7 Å². The van der Waals surface area contributed by atoms with Gasteiger partial charge in [-0.1, -0.05) is 25.4 Å². The molecule has 6 nitrogen and oxygen atoms in total. The fourth-order valence-electron chi connectivity index (χ4n) is 2.09. The van der Waals surface area contributed by atoms with Crippen molar-refractivity contribution < 1.29 is 14.3 Å². The number of amides is 1. The zero-order valence-electron chi connectivity index (χ0n) is 14.7. The van der Waals surface area contributed by atoms with Gasteiger partial charge in [-0.05, 0) is 18.1 Å². The lowest BCUT2D eigenvalue weighted by atomic mass is 10.2. The summed E-state index contributed by atoms with van der Waals surface area (Å²) in [6.07, 6.45) is 1.53. The Hall–Kier alpha value is -2.47. The van der Waals surface area contributed by atoms with Crippen LogP contribution in [0.25, 0.3) is 0 Å². The summed E-state index contributed by atoms with van der Waals surface area (Å²) in [5, 5.41) is 6.39. The molecule has 2 rings (SSSR count). The van der Waals surface area contributed by atoms with Gasteiger partial charge < -0.3 is 20.1 Å². The SMILES string of the molecule is COc1cc(NC(=O)c2ccc(NCC(C)C)nc2)c(OC)cc1Cl. The highest BCUT2D eigenvalue weighted by Gasteiger charge is 2.14. The summed E-state index contributed by atoms with van der Waals surface area (Å²) in [5.74, 6) is 1.84. The second-order valence-electron chi connectivity index (χ2n) is 5.85. The van der Waals surface area contributed by atoms with Gasteiger partial charge in [-0.25, -0.2) is 4.98 Å². The molecule has 0 aliphatic heterocycles. The van der Waals surface area contributed by atoms with E-state index < -0.39 is 0 Å². The number of rotatable bonds is 7. The first-order chi connectivity index (χ1) is 11.9. The first kappa shape index (κ1) is 18.9. The molecule has 0 unspecified atom stereocenters. The molecule has 0 aliphatic carbocycles.